The summed E-state index contributed by atoms with van der Waals surface area (Å²) < 4.78 is 0. The zero-order valence-corrected chi connectivity index (χ0v) is 8.51. The van der Waals surface area contributed by atoms with Crippen molar-refractivity contribution in [2.75, 3.05) is 0 Å². The van der Waals surface area contributed by atoms with Gasteiger partial charge < -0.3 is 5.11 Å². The molecule has 2 rings (SSSR count). The van der Waals surface area contributed by atoms with Gasteiger partial charge in [-0.15, -0.1) is 0 Å². The van der Waals surface area contributed by atoms with Gasteiger partial charge in [-0.3, -0.25) is 9.97 Å². The van der Waals surface area contributed by atoms with E-state index < -0.39 is 0 Å². The van der Waals surface area contributed by atoms with E-state index in [-0.39, 0.29) is 6.61 Å². The molecule has 3 nitrogen and oxygen atoms in total. The SMILES string of the molecule is Cc1cccnc1-c1cc(CO)ccn1. The number of aliphatic hydroxyl groups is 1. The fourth-order valence-electron chi connectivity index (χ4n) is 1.46. The number of aryl methyl sites for hydroxylation is 1. The molecule has 0 aliphatic carbocycles. The highest BCUT2D eigenvalue weighted by atomic mass is 16.3. The Labute approximate surface area is 88.5 Å². The van der Waals surface area contributed by atoms with Gasteiger partial charge in [0.2, 0.25) is 0 Å². The van der Waals surface area contributed by atoms with Crippen LogP contribution in [0.25, 0.3) is 11.4 Å². The Kier molecular flexibility index (Phi) is 2.74. The third-order valence-corrected chi connectivity index (χ3v) is 2.26. The minimum Gasteiger partial charge on any atom is -0.392 e. The van der Waals surface area contributed by atoms with E-state index in [2.05, 4.69) is 9.97 Å². The molecule has 0 bridgehead atoms. The lowest BCUT2D eigenvalue weighted by atomic mass is 10.1. The van der Waals surface area contributed by atoms with E-state index in [9.17, 15) is 0 Å². The Morgan fingerprint density at radius 2 is 2.07 bits per heavy atom. The molecule has 0 saturated carbocycles. The van der Waals surface area contributed by atoms with Crippen molar-refractivity contribution in [3.05, 3.63) is 47.8 Å². The molecule has 1 N–H and O–H groups in total. The summed E-state index contributed by atoms with van der Waals surface area (Å²) in [5, 5.41) is 9.03. The van der Waals surface area contributed by atoms with Crippen LogP contribution in [0.3, 0.4) is 0 Å². The molecule has 0 unspecified atom stereocenters. The molecule has 0 saturated heterocycles. The quantitative estimate of drug-likeness (QED) is 0.805. The molecule has 0 spiro atoms. The molecule has 3 heteroatoms. The highest BCUT2D eigenvalue weighted by molar-refractivity contribution is 5.58. The van der Waals surface area contributed by atoms with Gasteiger partial charge in [-0.2, -0.15) is 0 Å². The van der Waals surface area contributed by atoms with Crippen LogP contribution in [0, 0.1) is 6.92 Å². The molecule has 2 heterocycles. The molecular formula is C12H12N2O. The van der Waals surface area contributed by atoms with E-state index in [1.807, 2.05) is 25.1 Å². The molecule has 2 aromatic rings. The van der Waals surface area contributed by atoms with E-state index in [1.54, 1.807) is 18.5 Å². The normalized spacial score (nSPS) is 10.3. The van der Waals surface area contributed by atoms with Gasteiger partial charge in [-0.25, -0.2) is 0 Å². The number of aromatic nitrogens is 2. The predicted octanol–water partition coefficient (Wildman–Crippen LogP) is 1.94. The summed E-state index contributed by atoms with van der Waals surface area (Å²) in [6.45, 7) is 2.02. The van der Waals surface area contributed by atoms with Crippen molar-refractivity contribution in [2.45, 2.75) is 13.5 Å². The first-order valence-corrected chi connectivity index (χ1v) is 4.79. The number of hydrogen-bond acceptors (Lipinski definition) is 3. The molecule has 76 valence electrons. The van der Waals surface area contributed by atoms with Crippen molar-refractivity contribution < 1.29 is 5.11 Å². The summed E-state index contributed by atoms with van der Waals surface area (Å²) in [5.41, 5.74) is 3.61. The lowest BCUT2D eigenvalue weighted by Crippen LogP contribution is -1.92. The van der Waals surface area contributed by atoms with Crippen LogP contribution in [0.2, 0.25) is 0 Å². The second-order valence-corrected chi connectivity index (χ2v) is 3.38. The number of rotatable bonds is 2. The van der Waals surface area contributed by atoms with Gasteiger partial charge >= 0.3 is 0 Å². The number of nitrogens with zero attached hydrogens (tertiary/aromatic N) is 2. The molecule has 0 aliphatic heterocycles. The Morgan fingerprint density at radius 1 is 1.20 bits per heavy atom. The number of aliphatic hydroxyl groups excluding tert-OH is 1. The van der Waals surface area contributed by atoms with Gasteiger partial charge in [0.15, 0.2) is 0 Å². The summed E-state index contributed by atoms with van der Waals surface area (Å²) >= 11 is 0. The van der Waals surface area contributed by atoms with Crippen molar-refractivity contribution in [3.63, 3.8) is 0 Å². The molecule has 0 aliphatic rings. The fraction of sp³-hybridized carbons (Fsp3) is 0.167. The molecule has 0 aromatic carbocycles. The molecule has 2 aromatic heterocycles. The van der Waals surface area contributed by atoms with E-state index in [0.29, 0.717) is 0 Å². The second-order valence-electron chi connectivity index (χ2n) is 3.38. The van der Waals surface area contributed by atoms with Gasteiger partial charge in [0.05, 0.1) is 18.0 Å². The lowest BCUT2D eigenvalue weighted by Gasteiger charge is -2.04. The smallest absolute Gasteiger partial charge is 0.0915 e. The van der Waals surface area contributed by atoms with Gasteiger partial charge in [0, 0.05) is 12.4 Å². The van der Waals surface area contributed by atoms with Crippen molar-refractivity contribution >= 4 is 0 Å². The average Bonchev–Trinajstić information content (AvgIpc) is 2.30. The Balaban J connectivity index is 2.49. The van der Waals surface area contributed by atoms with Crippen LogP contribution in [0.5, 0.6) is 0 Å². The Bertz CT molecular complexity index is 469. The summed E-state index contributed by atoms with van der Waals surface area (Å²) in [6, 6.07) is 7.54. The van der Waals surface area contributed by atoms with Crippen LogP contribution in [-0.4, -0.2) is 15.1 Å². The van der Waals surface area contributed by atoms with Crippen molar-refractivity contribution in [1.82, 2.24) is 9.97 Å². The fourth-order valence-corrected chi connectivity index (χ4v) is 1.46. The van der Waals surface area contributed by atoms with Crippen LogP contribution >= 0.6 is 0 Å². The molecule has 15 heavy (non-hydrogen) atoms. The molecular weight excluding hydrogens is 188 g/mol. The zero-order valence-electron chi connectivity index (χ0n) is 8.51. The van der Waals surface area contributed by atoms with Crippen LogP contribution in [0.1, 0.15) is 11.1 Å². The first-order valence-electron chi connectivity index (χ1n) is 4.79. The average molecular weight is 200 g/mol. The largest absolute Gasteiger partial charge is 0.392 e. The standard InChI is InChI=1S/C12H12N2O/c1-9-3-2-5-14-12(9)11-7-10(8-15)4-6-13-11/h2-7,15H,8H2,1H3. The van der Waals surface area contributed by atoms with E-state index in [4.69, 9.17) is 5.11 Å². The van der Waals surface area contributed by atoms with Crippen LogP contribution in [0.15, 0.2) is 36.7 Å². The van der Waals surface area contributed by atoms with Gasteiger partial charge in [-0.05, 0) is 36.2 Å². The molecule has 0 fully saturated rings. The van der Waals surface area contributed by atoms with Gasteiger partial charge in [-0.1, -0.05) is 6.07 Å². The van der Waals surface area contributed by atoms with Gasteiger partial charge in [0.1, 0.15) is 0 Å². The van der Waals surface area contributed by atoms with Crippen molar-refractivity contribution in [2.24, 2.45) is 0 Å². The van der Waals surface area contributed by atoms with Crippen LogP contribution in [-0.2, 0) is 6.61 Å². The number of hydrogen-bond donors (Lipinski definition) is 1. The first-order chi connectivity index (χ1) is 7.31. The van der Waals surface area contributed by atoms with Crippen molar-refractivity contribution in [3.8, 4) is 11.4 Å². The first kappa shape index (κ1) is 9.80. The van der Waals surface area contributed by atoms with E-state index >= 15 is 0 Å². The summed E-state index contributed by atoms with van der Waals surface area (Å²) in [5.74, 6) is 0. The predicted molar refractivity (Wildman–Crippen MR) is 58.1 cm³/mol. The monoisotopic (exact) mass is 200 g/mol. The van der Waals surface area contributed by atoms with E-state index in [0.717, 1.165) is 22.5 Å². The second kappa shape index (κ2) is 4.19. The summed E-state index contributed by atoms with van der Waals surface area (Å²) in [7, 11) is 0. The molecule has 0 atom stereocenters. The summed E-state index contributed by atoms with van der Waals surface area (Å²) in [6.07, 6.45) is 3.44. The van der Waals surface area contributed by atoms with Crippen LogP contribution in [0.4, 0.5) is 0 Å². The lowest BCUT2D eigenvalue weighted by molar-refractivity contribution is 0.282. The van der Waals surface area contributed by atoms with Gasteiger partial charge in [0.25, 0.3) is 0 Å². The third kappa shape index (κ3) is 2.02. The third-order valence-electron chi connectivity index (χ3n) is 2.26. The highest BCUT2D eigenvalue weighted by Gasteiger charge is 2.04. The maximum atomic E-state index is 9.03. The molecule has 0 amide bonds. The maximum absolute atomic E-state index is 9.03. The maximum Gasteiger partial charge on any atom is 0.0915 e. The molecule has 0 radical (unpaired) electrons. The minimum absolute atomic E-state index is 0.0292. The zero-order chi connectivity index (χ0) is 10.7. The highest BCUT2D eigenvalue weighted by Crippen LogP contribution is 2.18. The minimum atomic E-state index is 0.0292. The Hall–Kier alpha value is -1.74. The van der Waals surface area contributed by atoms with Crippen molar-refractivity contribution in [1.29, 1.82) is 0 Å². The summed E-state index contributed by atoms with van der Waals surface area (Å²) in [4.78, 5) is 8.52. The number of pyridine rings is 2. The Morgan fingerprint density at radius 3 is 2.80 bits per heavy atom. The topological polar surface area (TPSA) is 46.0 Å². The van der Waals surface area contributed by atoms with Crippen LogP contribution < -0.4 is 0 Å². The van der Waals surface area contributed by atoms with E-state index in [1.165, 1.54) is 0 Å².